The summed E-state index contributed by atoms with van der Waals surface area (Å²) in [4.78, 5) is 0. The molecule has 0 spiro atoms. The number of nitrogens with zero attached hydrogens (tertiary/aromatic N) is 2. The van der Waals surface area contributed by atoms with Crippen molar-refractivity contribution in [3.05, 3.63) is 100 Å². The second-order valence-corrected chi connectivity index (χ2v) is 8.23. The summed E-state index contributed by atoms with van der Waals surface area (Å²) in [7, 11) is 0. The van der Waals surface area contributed by atoms with Gasteiger partial charge in [-0.1, -0.05) is 71.8 Å². The number of hydrogen-bond acceptors (Lipinski definition) is 2. The lowest BCUT2D eigenvalue weighted by molar-refractivity contribution is 0.225. The Kier molecular flexibility index (Phi) is 5.60. The Morgan fingerprint density at radius 3 is 2.03 bits per heavy atom. The maximum absolute atomic E-state index is 10.3. The highest BCUT2D eigenvalue weighted by molar-refractivity contribution is 5.79. The second kappa shape index (κ2) is 8.33. The van der Waals surface area contributed by atoms with Crippen LogP contribution >= 0.6 is 0 Å². The van der Waals surface area contributed by atoms with Crippen LogP contribution in [0.25, 0.3) is 11.0 Å². The van der Waals surface area contributed by atoms with Crippen molar-refractivity contribution in [1.82, 2.24) is 9.13 Å². The number of hydrogen-bond donors (Lipinski definition) is 2. The minimum absolute atomic E-state index is 0.0115. The Labute approximate surface area is 177 Å². The predicted octanol–water partition coefficient (Wildman–Crippen LogP) is 4.67. The molecule has 0 aliphatic carbocycles. The molecule has 2 N–H and O–H groups in total. The van der Waals surface area contributed by atoms with Crippen molar-refractivity contribution in [2.75, 3.05) is 6.61 Å². The number of para-hydroxylation sites is 1. The highest BCUT2D eigenvalue weighted by atomic mass is 16.3. The fourth-order valence-electron chi connectivity index (χ4n) is 4.15. The molecule has 4 rings (SSSR count). The fraction of sp³-hybridized carbons (Fsp3) is 0.269. The van der Waals surface area contributed by atoms with Crippen molar-refractivity contribution in [3.8, 4) is 0 Å². The Bertz CT molecular complexity index is 1210. The highest BCUT2D eigenvalue weighted by Crippen LogP contribution is 2.24. The molecule has 0 aliphatic heterocycles. The number of fused-ring (bicyclic) bond motifs is 1. The summed E-state index contributed by atoms with van der Waals surface area (Å²) in [5.74, 6) is 0. The van der Waals surface area contributed by atoms with Crippen molar-refractivity contribution in [3.63, 3.8) is 0 Å². The third-order valence-corrected chi connectivity index (χ3v) is 5.86. The van der Waals surface area contributed by atoms with E-state index in [4.69, 9.17) is 5.41 Å². The van der Waals surface area contributed by atoms with Gasteiger partial charge in [-0.2, -0.15) is 0 Å². The lowest BCUT2D eigenvalue weighted by atomic mass is 10.0. The van der Waals surface area contributed by atoms with Gasteiger partial charge >= 0.3 is 0 Å². The van der Waals surface area contributed by atoms with Crippen LogP contribution in [0.2, 0.25) is 0 Å². The molecule has 1 aromatic heterocycles. The highest BCUT2D eigenvalue weighted by Gasteiger charge is 2.20. The van der Waals surface area contributed by atoms with E-state index < -0.39 is 0 Å². The monoisotopic (exact) mass is 399 g/mol. The number of aromatic nitrogens is 2. The van der Waals surface area contributed by atoms with Gasteiger partial charge in [0, 0.05) is 0 Å². The molecule has 0 fully saturated rings. The first-order chi connectivity index (χ1) is 14.5. The van der Waals surface area contributed by atoms with Crippen molar-refractivity contribution >= 4 is 11.0 Å². The molecule has 0 radical (unpaired) electrons. The lowest BCUT2D eigenvalue weighted by Crippen LogP contribution is -2.31. The average Bonchev–Trinajstić information content (AvgIpc) is 3.02. The first-order valence-corrected chi connectivity index (χ1v) is 10.4. The normalized spacial score (nSPS) is 12.4. The molecule has 0 saturated carbocycles. The van der Waals surface area contributed by atoms with E-state index in [1.54, 1.807) is 0 Å². The standard InChI is InChI=1S/C26H29N3O/c1-18-7-11-21(12-8-18)15-23(17-30)29-25-20(3)5-4-6-24(25)28(26(29)27)16-22-13-9-19(2)10-14-22/h4-14,23,27,30H,15-17H2,1-3H3. The summed E-state index contributed by atoms with van der Waals surface area (Å²) in [6.07, 6.45) is 0.686. The van der Waals surface area contributed by atoms with Crippen LogP contribution in [0.1, 0.15) is 33.9 Å². The van der Waals surface area contributed by atoms with Gasteiger partial charge in [0.1, 0.15) is 0 Å². The van der Waals surface area contributed by atoms with E-state index in [-0.39, 0.29) is 12.6 Å². The van der Waals surface area contributed by atoms with Crippen LogP contribution < -0.4 is 5.62 Å². The summed E-state index contributed by atoms with van der Waals surface area (Å²) >= 11 is 0. The molecule has 0 aliphatic rings. The number of imidazole rings is 1. The third kappa shape index (κ3) is 3.83. The van der Waals surface area contributed by atoms with Gasteiger partial charge in [-0.3, -0.25) is 5.41 Å². The van der Waals surface area contributed by atoms with Crippen LogP contribution in [0.4, 0.5) is 0 Å². The number of rotatable bonds is 6. The van der Waals surface area contributed by atoms with Gasteiger partial charge in [0.05, 0.1) is 30.2 Å². The molecule has 1 atom stereocenters. The second-order valence-electron chi connectivity index (χ2n) is 8.23. The quantitative estimate of drug-likeness (QED) is 0.486. The third-order valence-electron chi connectivity index (χ3n) is 5.86. The smallest absolute Gasteiger partial charge is 0.203 e. The van der Waals surface area contributed by atoms with Gasteiger partial charge in [-0.15, -0.1) is 0 Å². The number of aryl methyl sites for hydroxylation is 3. The summed E-state index contributed by atoms with van der Waals surface area (Å²) in [5.41, 5.74) is 8.38. The fourth-order valence-corrected chi connectivity index (χ4v) is 4.15. The SMILES string of the molecule is Cc1ccc(CC(CO)n2c(=N)n(Cc3ccc(C)cc3)c3cccc(C)c32)cc1. The number of nitrogens with one attached hydrogen (secondary N) is 1. The first-order valence-electron chi connectivity index (χ1n) is 10.4. The van der Waals surface area contributed by atoms with E-state index >= 15 is 0 Å². The number of aliphatic hydroxyl groups is 1. The van der Waals surface area contributed by atoms with Crippen LogP contribution in [0.15, 0.2) is 66.7 Å². The van der Waals surface area contributed by atoms with Gasteiger partial charge in [0.15, 0.2) is 0 Å². The topological polar surface area (TPSA) is 53.9 Å². The van der Waals surface area contributed by atoms with Crippen molar-refractivity contribution in [1.29, 1.82) is 5.41 Å². The lowest BCUT2D eigenvalue weighted by Gasteiger charge is -2.18. The Hall–Kier alpha value is -3.11. The van der Waals surface area contributed by atoms with Crippen molar-refractivity contribution in [2.24, 2.45) is 0 Å². The van der Waals surface area contributed by atoms with E-state index in [1.807, 2.05) is 15.2 Å². The van der Waals surface area contributed by atoms with Gasteiger partial charge < -0.3 is 14.2 Å². The van der Waals surface area contributed by atoms with Gasteiger partial charge in [-0.05, 0) is 49.9 Å². The summed E-state index contributed by atoms with van der Waals surface area (Å²) in [6, 6.07) is 22.9. The van der Waals surface area contributed by atoms with Crippen molar-refractivity contribution in [2.45, 2.75) is 39.8 Å². The molecule has 4 aromatic rings. The first kappa shape index (κ1) is 20.2. The minimum Gasteiger partial charge on any atom is -0.394 e. The van der Waals surface area contributed by atoms with Gasteiger partial charge in [0.25, 0.3) is 0 Å². The molecule has 0 bridgehead atoms. The zero-order valence-electron chi connectivity index (χ0n) is 17.9. The van der Waals surface area contributed by atoms with Crippen LogP contribution in [0, 0.1) is 26.2 Å². The van der Waals surface area contributed by atoms with Crippen LogP contribution in [0.3, 0.4) is 0 Å². The molecule has 0 saturated heterocycles. The molecule has 30 heavy (non-hydrogen) atoms. The van der Waals surface area contributed by atoms with Crippen LogP contribution in [0.5, 0.6) is 0 Å². The van der Waals surface area contributed by atoms with E-state index in [2.05, 4.69) is 81.4 Å². The molecular formula is C26H29N3O. The van der Waals surface area contributed by atoms with E-state index in [0.717, 1.165) is 16.6 Å². The number of benzene rings is 3. The molecule has 4 nitrogen and oxygen atoms in total. The molecule has 0 amide bonds. The maximum atomic E-state index is 10.3. The van der Waals surface area contributed by atoms with Gasteiger partial charge in [-0.25, -0.2) is 0 Å². The van der Waals surface area contributed by atoms with Crippen LogP contribution in [-0.4, -0.2) is 20.8 Å². The number of aliphatic hydroxyl groups excluding tert-OH is 1. The summed E-state index contributed by atoms with van der Waals surface area (Å²) < 4.78 is 4.06. The summed E-state index contributed by atoms with van der Waals surface area (Å²) in [5, 5.41) is 19.3. The summed E-state index contributed by atoms with van der Waals surface area (Å²) in [6.45, 7) is 6.86. The Morgan fingerprint density at radius 2 is 1.43 bits per heavy atom. The molecule has 154 valence electrons. The molecule has 1 unspecified atom stereocenters. The molecule has 1 heterocycles. The van der Waals surface area contributed by atoms with E-state index in [9.17, 15) is 5.11 Å². The molecular weight excluding hydrogens is 370 g/mol. The van der Waals surface area contributed by atoms with Gasteiger partial charge in [0.2, 0.25) is 5.62 Å². The van der Waals surface area contributed by atoms with E-state index in [1.165, 1.54) is 22.3 Å². The average molecular weight is 400 g/mol. The van der Waals surface area contributed by atoms with Crippen LogP contribution in [-0.2, 0) is 13.0 Å². The largest absolute Gasteiger partial charge is 0.394 e. The minimum atomic E-state index is -0.192. The molecule has 4 heteroatoms. The Balaban J connectivity index is 1.82. The zero-order valence-corrected chi connectivity index (χ0v) is 17.9. The predicted molar refractivity (Wildman–Crippen MR) is 122 cm³/mol. The zero-order chi connectivity index (χ0) is 21.3. The maximum Gasteiger partial charge on any atom is 0.203 e. The van der Waals surface area contributed by atoms with E-state index in [0.29, 0.717) is 18.6 Å². The molecule has 3 aromatic carbocycles. The van der Waals surface area contributed by atoms with Crippen molar-refractivity contribution < 1.29 is 5.11 Å². The Morgan fingerprint density at radius 1 is 0.833 bits per heavy atom.